The van der Waals surface area contributed by atoms with Crippen LogP contribution < -0.4 is 5.73 Å². The number of hydrogen-bond donors (Lipinski definition) is 2. The molecule has 3 N–H and O–H groups in total. The monoisotopic (exact) mass is 230 g/mol. The molecule has 1 aromatic carbocycles. The highest BCUT2D eigenvalue weighted by molar-refractivity contribution is 5.96. The van der Waals surface area contributed by atoms with E-state index in [4.69, 9.17) is 11.0 Å². The second-order valence-electron chi connectivity index (χ2n) is 3.64. The molecule has 17 heavy (non-hydrogen) atoms. The summed E-state index contributed by atoms with van der Waals surface area (Å²) in [5.74, 6) is -1.11. The molecule has 1 amide bonds. The lowest BCUT2D eigenvalue weighted by Crippen LogP contribution is -2.15. The molecule has 0 aromatic heterocycles. The maximum absolute atomic E-state index is 10.8. The SMILES string of the molecule is N#CC(C(N)=O)=C(O)CCCc1ccccc1. The first-order chi connectivity index (χ1) is 8.15. The maximum atomic E-state index is 10.8. The third kappa shape index (κ3) is 3.99. The fraction of sp³-hybridized carbons (Fsp3) is 0.231. The van der Waals surface area contributed by atoms with Crippen LogP contribution in [0, 0.1) is 11.3 Å². The van der Waals surface area contributed by atoms with Crippen molar-refractivity contribution in [3.8, 4) is 6.07 Å². The van der Waals surface area contributed by atoms with Crippen molar-refractivity contribution < 1.29 is 9.90 Å². The van der Waals surface area contributed by atoms with Gasteiger partial charge in [-0.1, -0.05) is 30.3 Å². The second-order valence-corrected chi connectivity index (χ2v) is 3.64. The summed E-state index contributed by atoms with van der Waals surface area (Å²) in [5, 5.41) is 18.1. The summed E-state index contributed by atoms with van der Waals surface area (Å²) in [5.41, 5.74) is 5.75. The van der Waals surface area contributed by atoms with E-state index in [2.05, 4.69) is 0 Å². The Hall–Kier alpha value is -2.28. The zero-order chi connectivity index (χ0) is 12.7. The quantitative estimate of drug-likeness (QED) is 0.459. The van der Waals surface area contributed by atoms with E-state index in [0.717, 1.165) is 12.0 Å². The van der Waals surface area contributed by atoms with E-state index in [1.807, 2.05) is 30.3 Å². The third-order valence-electron chi connectivity index (χ3n) is 2.37. The molecule has 4 heteroatoms. The van der Waals surface area contributed by atoms with Gasteiger partial charge in [0, 0.05) is 6.42 Å². The number of primary amides is 1. The standard InChI is InChI=1S/C13H14N2O2/c14-9-11(13(15)17)12(16)8-4-7-10-5-2-1-3-6-10/h1-3,5-6,16H,4,7-8H2,(H2,15,17). The summed E-state index contributed by atoms with van der Waals surface area (Å²) in [6, 6.07) is 11.4. The number of aliphatic hydroxyl groups excluding tert-OH is 1. The molecule has 0 aliphatic carbocycles. The van der Waals surface area contributed by atoms with Gasteiger partial charge in [-0.05, 0) is 18.4 Å². The van der Waals surface area contributed by atoms with E-state index in [-0.39, 0.29) is 17.8 Å². The van der Waals surface area contributed by atoms with Crippen molar-refractivity contribution in [1.29, 1.82) is 5.26 Å². The van der Waals surface area contributed by atoms with Gasteiger partial charge in [0.25, 0.3) is 5.91 Å². The van der Waals surface area contributed by atoms with Gasteiger partial charge in [-0.15, -0.1) is 0 Å². The lowest BCUT2D eigenvalue weighted by atomic mass is 10.1. The molecule has 0 unspecified atom stereocenters. The molecular weight excluding hydrogens is 216 g/mol. The maximum Gasteiger partial charge on any atom is 0.262 e. The van der Waals surface area contributed by atoms with Crippen LogP contribution in [-0.4, -0.2) is 11.0 Å². The van der Waals surface area contributed by atoms with Gasteiger partial charge in [-0.25, -0.2) is 0 Å². The number of hydrogen-bond acceptors (Lipinski definition) is 3. The summed E-state index contributed by atoms with van der Waals surface area (Å²) < 4.78 is 0. The number of aryl methyl sites for hydroxylation is 1. The van der Waals surface area contributed by atoms with E-state index in [9.17, 15) is 9.90 Å². The zero-order valence-electron chi connectivity index (χ0n) is 9.39. The molecule has 1 aromatic rings. The molecule has 0 aliphatic heterocycles. The number of aliphatic hydroxyl groups is 1. The molecule has 0 spiro atoms. The zero-order valence-corrected chi connectivity index (χ0v) is 9.39. The molecule has 1 rings (SSSR count). The highest BCUT2D eigenvalue weighted by atomic mass is 16.3. The van der Waals surface area contributed by atoms with Gasteiger partial charge in [0.05, 0.1) is 0 Å². The number of amides is 1. The first-order valence-corrected chi connectivity index (χ1v) is 5.31. The molecule has 0 saturated heterocycles. The molecule has 0 aliphatic rings. The first-order valence-electron chi connectivity index (χ1n) is 5.31. The Morgan fingerprint density at radius 2 is 2.00 bits per heavy atom. The van der Waals surface area contributed by atoms with Crippen LogP contribution in [0.2, 0.25) is 0 Å². The third-order valence-corrected chi connectivity index (χ3v) is 2.37. The van der Waals surface area contributed by atoms with Crippen LogP contribution in [0.4, 0.5) is 0 Å². The van der Waals surface area contributed by atoms with Crippen molar-refractivity contribution >= 4 is 5.91 Å². The average molecular weight is 230 g/mol. The summed E-state index contributed by atoms with van der Waals surface area (Å²) >= 11 is 0. The largest absolute Gasteiger partial charge is 0.511 e. The molecule has 88 valence electrons. The van der Waals surface area contributed by atoms with Crippen LogP contribution in [0.5, 0.6) is 0 Å². The molecule has 0 atom stereocenters. The van der Waals surface area contributed by atoms with Crippen molar-refractivity contribution in [2.75, 3.05) is 0 Å². The minimum atomic E-state index is -0.885. The Balaban J connectivity index is 2.52. The molecular formula is C13H14N2O2. The number of benzene rings is 1. The van der Waals surface area contributed by atoms with E-state index >= 15 is 0 Å². The summed E-state index contributed by atoms with van der Waals surface area (Å²) in [7, 11) is 0. The summed E-state index contributed by atoms with van der Waals surface area (Å²) in [6.45, 7) is 0. The van der Waals surface area contributed by atoms with Gasteiger partial charge >= 0.3 is 0 Å². The fourth-order valence-corrected chi connectivity index (χ4v) is 1.49. The predicted octanol–water partition coefficient (Wildman–Crippen LogP) is 1.83. The topological polar surface area (TPSA) is 87.1 Å². The summed E-state index contributed by atoms with van der Waals surface area (Å²) in [4.78, 5) is 10.8. The Kier molecular flexibility index (Phi) is 4.77. The van der Waals surface area contributed by atoms with Crippen LogP contribution in [0.25, 0.3) is 0 Å². The molecule has 0 saturated carbocycles. The van der Waals surface area contributed by atoms with Gasteiger partial charge in [-0.3, -0.25) is 4.79 Å². The number of nitrogens with zero attached hydrogens (tertiary/aromatic N) is 1. The smallest absolute Gasteiger partial charge is 0.262 e. The van der Waals surface area contributed by atoms with Crippen molar-refractivity contribution in [3.63, 3.8) is 0 Å². The number of allylic oxidation sites excluding steroid dienone is 1. The molecule has 0 fully saturated rings. The van der Waals surface area contributed by atoms with E-state index < -0.39 is 5.91 Å². The van der Waals surface area contributed by atoms with Crippen molar-refractivity contribution in [2.24, 2.45) is 5.73 Å². The van der Waals surface area contributed by atoms with E-state index in [1.165, 1.54) is 0 Å². The Bertz CT molecular complexity index is 458. The number of carbonyl (C=O) groups excluding carboxylic acids is 1. The number of nitrogens with two attached hydrogens (primary N) is 1. The second kappa shape index (κ2) is 6.33. The number of carbonyl (C=O) groups is 1. The van der Waals surface area contributed by atoms with Gasteiger partial charge in [0.1, 0.15) is 11.8 Å². The van der Waals surface area contributed by atoms with Crippen LogP contribution >= 0.6 is 0 Å². The minimum Gasteiger partial charge on any atom is -0.511 e. The number of rotatable bonds is 5. The number of nitriles is 1. The average Bonchev–Trinajstić information content (AvgIpc) is 2.30. The first kappa shape index (κ1) is 12.8. The van der Waals surface area contributed by atoms with Crippen LogP contribution in [0.15, 0.2) is 41.7 Å². The highest BCUT2D eigenvalue weighted by Gasteiger charge is 2.10. The molecule has 0 bridgehead atoms. The summed E-state index contributed by atoms with van der Waals surface area (Å²) in [6.07, 6.45) is 1.72. The van der Waals surface area contributed by atoms with Crippen molar-refractivity contribution in [3.05, 3.63) is 47.2 Å². The Morgan fingerprint density at radius 3 is 2.53 bits per heavy atom. The van der Waals surface area contributed by atoms with Crippen molar-refractivity contribution in [1.82, 2.24) is 0 Å². The normalized spacial score (nSPS) is 11.5. The lowest BCUT2D eigenvalue weighted by molar-refractivity contribution is -0.114. The fourth-order valence-electron chi connectivity index (χ4n) is 1.49. The van der Waals surface area contributed by atoms with Crippen LogP contribution in [0.1, 0.15) is 18.4 Å². The van der Waals surface area contributed by atoms with Gasteiger partial charge in [0.15, 0.2) is 5.57 Å². The Morgan fingerprint density at radius 1 is 1.35 bits per heavy atom. The predicted molar refractivity (Wildman–Crippen MR) is 63.8 cm³/mol. The van der Waals surface area contributed by atoms with E-state index in [1.54, 1.807) is 6.07 Å². The lowest BCUT2D eigenvalue weighted by Gasteiger charge is -2.02. The van der Waals surface area contributed by atoms with Gasteiger partial charge < -0.3 is 10.8 Å². The molecule has 4 nitrogen and oxygen atoms in total. The van der Waals surface area contributed by atoms with Crippen LogP contribution in [0.3, 0.4) is 0 Å². The van der Waals surface area contributed by atoms with Gasteiger partial charge in [-0.2, -0.15) is 5.26 Å². The van der Waals surface area contributed by atoms with Crippen molar-refractivity contribution in [2.45, 2.75) is 19.3 Å². The van der Waals surface area contributed by atoms with Crippen LogP contribution in [-0.2, 0) is 11.2 Å². The highest BCUT2D eigenvalue weighted by Crippen LogP contribution is 2.11. The molecule has 0 heterocycles. The minimum absolute atomic E-state index is 0.226. The van der Waals surface area contributed by atoms with E-state index in [0.29, 0.717) is 6.42 Å². The van der Waals surface area contributed by atoms with Gasteiger partial charge in [0.2, 0.25) is 0 Å². The molecule has 0 radical (unpaired) electrons. The Labute approximate surface area is 100.0 Å².